The Morgan fingerprint density at radius 3 is 2.44 bits per heavy atom. The number of unbranched alkanes of at least 4 members (excludes halogenated alkanes) is 1. The third-order valence-electron chi connectivity index (χ3n) is 2.50. The smallest absolute Gasteiger partial charge is 0.239 e. The number of nitrogens with one attached hydrogen (secondary N) is 1. The van der Waals surface area contributed by atoms with Crippen molar-refractivity contribution in [1.82, 2.24) is 5.32 Å². The summed E-state index contributed by atoms with van der Waals surface area (Å²) in [5, 5.41) is 2.85. The van der Waals surface area contributed by atoms with Gasteiger partial charge in [0.2, 0.25) is 5.91 Å². The molecule has 1 amide bonds. The minimum absolute atomic E-state index is 0.260. The normalized spacial score (nSPS) is 14.7. The van der Waals surface area contributed by atoms with E-state index in [9.17, 15) is 4.79 Å². The van der Waals surface area contributed by atoms with Gasteiger partial charge in [0.1, 0.15) is 5.54 Å². The molecule has 0 fully saturated rings. The first kappa shape index (κ1) is 15.3. The highest BCUT2D eigenvalue weighted by molar-refractivity contribution is 5.84. The van der Waals surface area contributed by atoms with Gasteiger partial charge < -0.3 is 20.5 Å². The van der Waals surface area contributed by atoms with Crippen LogP contribution in [0.3, 0.4) is 0 Å². The van der Waals surface area contributed by atoms with Gasteiger partial charge in [0, 0.05) is 6.61 Å². The number of carbonyl (C=O) groups excluding carboxylic acids is 1. The molecule has 1 unspecified atom stereocenters. The Morgan fingerprint density at radius 2 is 1.94 bits per heavy atom. The van der Waals surface area contributed by atoms with Gasteiger partial charge in [0.05, 0.1) is 19.8 Å². The van der Waals surface area contributed by atoms with Gasteiger partial charge in [0.15, 0.2) is 0 Å². The molecule has 5 nitrogen and oxygen atoms in total. The first-order valence-corrected chi connectivity index (χ1v) is 5.71. The van der Waals surface area contributed by atoms with Crippen LogP contribution in [0.5, 0.6) is 0 Å². The fourth-order valence-electron chi connectivity index (χ4n) is 1.01. The van der Waals surface area contributed by atoms with E-state index in [2.05, 4.69) is 12.2 Å². The van der Waals surface area contributed by atoms with Gasteiger partial charge in [-0.05, 0) is 20.4 Å². The first-order chi connectivity index (χ1) is 7.56. The molecule has 0 heterocycles. The molecule has 96 valence electrons. The minimum Gasteiger partial charge on any atom is -0.379 e. The number of primary amides is 1. The van der Waals surface area contributed by atoms with Crippen LogP contribution in [-0.4, -0.2) is 44.9 Å². The molecule has 0 aliphatic rings. The van der Waals surface area contributed by atoms with Gasteiger partial charge in [-0.3, -0.25) is 4.79 Å². The van der Waals surface area contributed by atoms with E-state index in [1.54, 1.807) is 14.0 Å². The number of hydrogen-bond acceptors (Lipinski definition) is 4. The van der Waals surface area contributed by atoms with Crippen LogP contribution in [0.2, 0.25) is 0 Å². The second-order valence-electron chi connectivity index (χ2n) is 3.96. The fraction of sp³-hybridized carbons (Fsp3) is 0.909. The van der Waals surface area contributed by atoms with Crippen molar-refractivity contribution in [3.8, 4) is 0 Å². The number of hydrogen-bond donors (Lipinski definition) is 2. The topological polar surface area (TPSA) is 73.6 Å². The fourth-order valence-corrected chi connectivity index (χ4v) is 1.01. The largest absolute Gasteiger partial charge is 0.379 e. The Morgan fingerprint density at radius 1 is 1.31 bits per heavy atom. The lowest BCUT2D eigenvalue weighted by molar-refractivity contribution is -0.126. The van der Waals surface area contributed by atoms with Crippen molar-refractivity contribution in [1.29, 1.82) is 0 Å². The van der Waals surface area contributed by atoms with Crippen molar-refractivity contribution in [2.24, 2.45) is 5.73 Å². The summed E-state index contributed by atoms with van der Waals surface area (Å²) in [5.41, 5.74) is 4.45. The van der Waals surface area contributed by atoms with E-state index < -0.39 is 11.4 Å². The van der Waals surface area contributed by atoms with Crippen molar-refractivity contribution in [2.45, 2.75) is 32.2 Å². The minimum atomic E-state index is -0.802. The lowest BCUT2D eigenvalue weighted by atomic mass is 10.0. The van der Waals surface area contributed by atoms with E-state index in [-0.39, 0.29) is 6.61 Å². The van der Waals surface area contributed by atoms with Gasteiger partial charge in [-0.1, -0.05) is 13.3 Å². The van der Waals surface area contributed by atoms with Crippen molar-refractivity contribution in [2.75, 3.05) is 33.5 Å². The zero-order valence-corrected chi connectivity index (χ0v) is 10.5. The molecule has 0 saturated carbocycles. The lowest BCUT2D eigenvalue weighted by Gasteiger charge is -2.24. The van der Waals surface area contributed by atoms with Crippen LogP contribution in [-0.2, 0) is 14.3 Å². The third kappa shape index (κ3) is 6.05. The number of rotatable bonds is 10. The summed E-state index contributed by atoms with van der Waals surface area (Å²) < 4.78 is 10.7. The molecule has 0 saturated heterocycles. The van der Waals surface area contributed by atoms with E-state index in [0.717, 1.165) is 19.4 Å². The molecule has 0 aliphatic carbocycles. The summed E-state index contributed by atoms with van der Waals surface area (Å²) in [6.07, 6.45) is 2.19. The Bertz CT molecular complexity index is 200. The summed E-state index contributed by atoms with van der Waals surface area (Å²) in [6, 6.07) is 0. The van der Waals surface area contributed by atoms with Crippen LogP contribution in [0.15, 0.2) is 0 Å². The van der Waals surface area contributed by atoms with E-state index in [4.69, 9.17) is 15.2 Å². The molecule has 5 heteroatoms. The maximum atomic E-state index is 11.1. The third-order valence-corrected chi connectivity index (χ3v) is 2.50. The zero-order valence-electron chi connectivity index (χ0n) is 10.5. The standard InChI is InChI=1S/C11H24N2O3/c1-4-5-6-15-7-8-16-9-11(2,13-3)10(12)14/h13H,4-9H2,1-3H3,(H2,12,14). The van der Waals surface area contributed by atoms with Crippen LogP contribution < -0.4 is 11.1 Å². The molecule has 0 spiro atoms. The summed E-state index contributed by atoms with van der Waals surface area (Å²) in [4.78, 5) is 11.1. The number of nitrogens with two attached hydrogens (primary N) is 1. The Hall–Kier alpha value is -0.650. The summed E-state index contributed by atoms with van der Waals surface area (Å²) in [5.74, 6) is -0.415. The average Bonchev–Trinajstić information content (AvgIpc) is 2.27. The lowest BCUT2D eigenvalue weighted by Crippen LogP contribution is -2.55. The summed E-state index contributed by atoms with van der Waals surface area (Å²) >= 11 is 0. The van der Waals surface area contributed by atoms with Crippen molar-refractivity contribution < 1.29 is 14.3 Å². The second-order valence-corrected chi connectivity index (χ2v) is 3.96. The highest BCUT2D eigenvalue weighted by Gasteiger charge is 2.28. The maximum absolute atomic E-state index is 11.1. The average molecular weight is 232 g/mol. The SMILES string of the molecule is CCCCOCCOCC(C)(NC)C(N)=O. The number of carbonyl (C=O) groups is 1. The molecule has 16 heavy (non-hydrogen) atoms. The van der Waals surface area contributed by atoms with Gasteiger partial charge in [0.25, 0.3) is 0 Å². The highest BCUT2D eigenvalue weighted by Crippen LogP contribution is 2.02. The van der Waals surface area contributed by atoms with E-state index in [0.29, 0.717) is 13.2 Å². The monoisotopic (exact) mass is 232 g/mol. The van der Waals surface area contributed by atoms with Crippen LogP contribution in [0, 0.1) is 0 Å². The van der Waals surface area contributed by atoms with Crippen molar-refractivity contribution in [3.63, 3.8) is 0 Å². The molecule has 0 aromatic heterocycles. The molecule has 0 aromatic carbocycles. The van der Waals surface area contributed by atoms with E-state index in [1.807, 2.05) is 0 Å². The van der Waals surface area contributed by atoms with Crippen LogP contribution in [0.4, 0.5) is 0 Å². The first-order valence-electron chi connectivity index (χ1n) is 5.71. The van der Waals surface area contributed by atoms with Gasteiger partial charge in [-0.25, -0.2) is 0 Å². The Balaban J connectivity index is 3.53. The summed E-state index contributed by atoms with van der Waals surface area (Å²) in [7, 11) is 1.69. The molecule has 3 N–H and O–H groups in total. The van der Waals surface area contributed by atoms with Crippen molar-refractivity contribution in [3.05, 3.63) is 0 Å². The zero-order chi connectivity index (χ0) is 12.4. The van der Waals surface area contributed by atoms with Gasteiger partial charge >= 0.3 is 0 Å². The maximum Gasteiger partial charge on any atom is 0.239 e. The molecular formula is C11H24N2O3. The Kier molecular flexibility index (Phi) is 8.15. The van der Waals surface area contributed by atoms with E-state index >= 15 is 0 Å². The quantitative estimate of drug-likeness (QED) is 0.531. The van der Waals surface area contributed by atoms with Crippen LogP contribution in [0.25, 0.3) is 0 Å². The Labute approximate surface area is 97.7 Å². The molecule has 0 radical (unpaired) electrons. The highest BCUT2D eigenvalue weighted by atomic mass is 16.5. The summed E-state index contributed by atoms with van der Waals surface area (Å²) in [6.45, 7) is 5.89. The van der Waals surface area contributed by atoms with E-state index in [1.165, 1.54) is 0 Å². The van der Waals surface area contributed by atoms with Gasteiger partial charge in [-0.15, -0.1) is 0 Å². The predicted octanol–water partition coefficient (Wildman–Crippen LogP) is 0.283. The van der Waals surface area contributed by atoms with Crippen LogP contribution in [0.1, 0.15) is 26.7 Å². The molecule has 0 aromatic rings. The molecular weight excluding hydrogens is 208 g/mol. The number of amides is 1. The molecule has 1 atom stereocenters. The second kappa shape index (κ2) is 8.50. The molecule has 0 bridgehead atoms. The number of likely N-dealkylation sites (N-methyl/N-ethyl adjacent to an activating group) is 1. The predicted molar refractivity (Wildman–Crippen MR) is 63.2 cm³/mol. The molecule has 0 rings (SSSR count). The molecule has 0 aliphatic heterocycles. The number of ether oxygens (including phenoxy) is 2. The van der Waals surface area contributed by atoms with Crippen molar-refractivity contribution >= 4 is 5.91 Å². The van der Waals surface area contributed by atoms with Crippen LogP contribution >= 0.6 is 0 Å². The van der Waals surface area contributed by atoms with Gasteiger partial charge in [-0.2, -0.15) is 0 Å².